The lowest BCUT2D eigenvalue weighted by molar-refractivity contribution is 0.0275. The Morgan fingerprint density at radius 2 is 2.15 bits per heavy atom. The Morgan fingerprint density at radius 1 is 1.32 bits per heavy atom. The first-order valence-electron chi connectivity index (χ1n) is 14.0. The molecule has 0 spiro atoms. The van der Waals surface area contributed by atoms with Crippen LogP contribution in [0.25, 0.3) is 0 Å². The molecular formula is C30H39ClN6O3. The van der Waals surface area contributed by atoms with Crippen molar-refractivity contribution < 1.29 is 14.6 Å². The summed E-state index contributed by atoms with van der Waals surface area (Å²) < 4.78 is 5.92. The fourth-order valence-corrected chi connectivity index (χ4v) is 5.55. The van der Waals surface area contributed by atoms with Gasteiger partial charge in [0.25, 0.3) is 5.91 Å². The third-order valence-electron chi connectivity index (χ3n) is 7.71. The van der Waals surface area contributed by atoms with E-state index in [2.05, 4.69) is 25.4 Å². The summed E-state index contributed by atoms with van der Waals surface area (Å²) in [6, 6.07) is 7.96. The molecule has 40 heavy (non-hydrogen) atoms. The number of fused-ring (bicyclic) bond motifs is 1. The number of pyridine rings is 1. The maximum Gasteiger partial charge on any atom is 0.254 e. The van der Waals surface area contributed by atoms with E-state index in [1.54, 1.807) is 29.6 Å². The van der Waals surface area contributed by atoms with Crippen molar-refractivity contribution in [1.82, 2.24) is 25.0 Å². The molecule has 1 atom stereocenters. The molecule has 5 rings (SSSR count). The van der Waals surface area contributed by atoms with E-state index in [1.807, 2.05) is 39.0 Å². The number of β-amino-alcohol motifs (C(OH)–C–C–N with tert-alkyl or cyclic N) is 1. The van der Waals surface area contributed by atoms with Crippen molar-refractivity contribution >= 4 is 23.3 Å². The minimum absolute atomic E-state index is 0.107. The van der Waals surface area contributed by atoms with Gasteiger partial charge in [-0.25, -0.2) is 4.98 Å². The molecule has 2 aliphatic rings. The van der Waals surface area contributed by atoms with Crippen LogP contribution in [-0.2, 0) is 19.6 Å². The summed E-state index contributed by atoms with van der Waals surface area (Å²) >= 11 is 6.71. The Bertz CT molecular complexity index is 1310. The van der Waals surface area contributed by atoms with Gasteiger partial charge >= 0.3 is 0 Å². The Labute approximate surface area is 240 Å². The lowest BCUT2D eigenvalue weighted by Gasteiger charge is -2.39. The van der Waals surface area contributed by atoms with E-state index in [-0.39, 0.29) is 12.5 Å². The number of rotatable bonds is 10. The van der Waals surface area contributed by atoms with Crippen LogP contribution in [0.5, 0.6) is 5.75 Å². The number of nitrogens with zero attached hydrogens (tertiary/aromatic N) is 4. The Kier molecular flexibility index (Phi) is 8.63. The Balaban J connectivity index is 1.20. The number of aliphatic hydroxyl groups is 1. The Morgan fingerprint density at radius 3 is 2.85 bits per heavy atom. The summed E-state index contributed by atoms with van der Waals surface area (Å²) in [5, 5.41) is 21.9. The zero-order chi connectivity index (χ0) is 28.3. The largest absolute Gasteiger partial charge is 0.487 e. The van der Waals surface area contributed by atoms with Gasteiger partial charge in [0.1, 0.15) is 18.2 Å². The lowest BCUT2D eigenvalue weighted by Crippen LogP contribution is -2.51. The number of ether oxygens (including phenoxy) is 1. The van der Waals surface area contributed by atoms with Crippen molar-refractivity contribution in [3.05, 3.63) is 70.1 Å². The topological polar surface area (TPSA) is 107 Å². The highest BCUT2D eigenvalue weighted by Gasteiger charge is 2.31. The van der Waals surface area contributed by atoms with E-state index in [4.69, 9.17) is 16.3 Å². The monoisotopic (exact) mass is 566 g/mol. The van der Waals surface area contributed by atoms with Crippen molar-refractivity contribution in [2.45, 2.75) is 77.3 Å². The molecule has 1 aliphatic carbocycles. The predicted molar refractivity (Wildman–Crippen MR) is 156 cm³/mol. The maximum absolute atomic E-state index is 13.6. The molecule has 214 valence electrons. The second kappa shape index (κ2) is 12.2. The number of anilines is 1. The van der Waals surface area contributed by atoms with Crippen molar-refractivity contribution in [2.75, 3.05) is 25.0 Å². The molecule has 1 fully saturated rings. The van der Waals surface area contributed by atoms with Crippen molar-refractivity contribution in [1.29, 1.82) is 0 Å². The molecule has 1 aromatic carbocycles. The van der Waals surface area contributed by atoms with Crippen LogP contribution in [0.15, 0.2) is 42.9 Å². The quantitative estimate of drug-likeness (QED) is 0.328. The van der Waals surface area contributed by atoms with E-state index in [0.29, 0.717) is 42.1 Å². The molecule has 3 heterocycles. The molecule has 1 amide bonds. The highest BCUT2D eigenvalue weighted by atomic mass is 35.5. The molecule has 1 saturated carbocycles. The molecule has 1 aliphatic heterocycles. The van der Waals surface area contributed by atoms with Gasteiger partial charge in [0.15, 0.2) is 0 Å². The number of carbonyl (C=O) groups is 1. The Hall–Kier alpha value is -3.14. The standard InChI is InChI=1S/C30H39ClN6O3/c1-30(2,3)37(29(39)21-9-11-32-27(13-21)35-23-5-4-6-23)18-24(38)17-36-12-10-25-22(16-36)7-8-26(28(25)31)40-19-20-14-33-34-15-20/h7-9,11,13-15,23-24,38H,4-6,10,12,16-19H2,1-3H3,(H,32,35)(H,33,34). The molecule has 3 aromatic rings. The van der Waals surface area contributed by atoms with E-state index < -0.39 is 11.6 Å². The van der Waals surface area contributed by atoms with Gasteiger partial charge in [-0.1, -0.05) is 17.7 Å². The number of carbonyl (C=O) groups excluding carboxylic acids is 1. The zero-order valence-corrected chi connectivity index (χ0v) is 24.2. The molecule has 0 saturated heterocycles. The summed E-state index contributed by atoms with van der Waals surface area (Å²) in [5.41, 5.74) is 3.29. The number of H-pyrrole nitrogens is 1. The molecule has 2 aromatic heterocycles. The van der Waals surface area contributed by atoms with Crippen LogP contribution in [0.3, 0.4) is 0 Å². The first kappa shape index (κ1) is 28.4. The third-order valence-corrected chi connectivity index (χ3v) is 8.12. The second-order valence-electron chi connectivity index (χ2n) is 11.8. The van der Waals surface area contributed by atoms with Crippen molar-refractivity contribution in [2.24, 2.45) is 0 Å². The van der Waals surface area contributed by atoms with E-state index in [0.717, 1.165) is 48.3 Å². The number of hydrogen-bond acceptors (Lipinski definition) is 7. The number of aromatic nitrogens is 3. The third kappa shape index (κ3) is 6.77. The van der Waals surface area contributed by atoms with Gasteiger partial charge in [-0.3, -0.25) is 14.8 Å². The number of halogens is 1. The fraction of sp³-hybridized carbons (Fsp3) is 0.500. The average molecular weight is 567 g/mol. The van der Waals surface area contributed by atoms with Crippen molar-refractivity contribution in [3.8, 4) is 5.75 Å². The number of amides is 1. The molecule has 0 radical (unpaired) electrons. The maximum atomic E-state index is 13.6. The van der Waals surface area contributed by atoms with Crippen LogP contribution in [0.4, 0.5) is 5.82 Å². The van der Waals surface area contributed by atoms with E-state index in [1.165, 1.54) is 6.42 Å². The first-order valence-corrected chi connectivity index (χ1v) is 14.4. The summed E-state index contributed by atoms with van der Waals surface area (Å²) in [6.45, 7) is 8.53. The van der Waals surface area contributed by atoms with Crippen molar-refractivity contribution in [3.63, 3.8) is 0 Å². The molecule has 9 nitrogen and oxygen atoms in total. The smallest absolute Gasteiger partial charge is 0.254 e. The first-order chi connectivity index (χ1) is 19.2. The molecule has 0 bridgehead atoms. The highest BCUT2D eigenvalue weighted by Crippen LogP contribution is 2.34. The summed E-state index contributed by atoms with van der Waals surface area (Å²) in [5.74, 6) is 1.28. The lowest BCUT2D eigenvalue weighted by atomic mass is 9.93. The van der Waals surface area contributed by atoms with Crippen LogP contribution >= 0.6 is 11.6 Å². The molecule has 1 unspecified atom stereocenters. The summed E-state index contributed by atoms with van der Waals surface area (Å²) in [4.78, 5) is 22.0. The van der Waals surface area contributed by atoms with Gasteiger partial charge in [0.2, 0.25) is 0 Å². The molecule has 3 N–H and O–H groups in total. The summed E-state index contributed by atoms with van der Waals surface area (Å²) in [6.07, 6.45) is 8.76. The number of nitrogens with one attached hydrogen (secondary N) is 2. The number of hydrogen-bond donors (Lipinski definition) is 3. The minimum Gasteiger partial charge on any atom is -0.487 e. The molecule has 10 heteroatoms. The van der Waals surface area contributed by atoms with E-state index >= 15 is 0 Å². The zero-order valence-electron chi connectivity index (χ0n) is 23.5. The van der Waals surface area contributed by atoms with Crippen LogP contribution in [-0.4, -0.2) is 73.3 Å². The van der Waals surface area contributed by atoms with Gasteiger partial charge in [-0.2, -0.15) is 5.10 Å². The van der Waals surface area contributed by atoms with Crippen LogP contribution in [0, 0.1) is 0 Å². The fourth-order valence-electron chi connectivity index (χ4n) is 5.22. The normalized spacial score (nSPS) is 16.6. The SMILES string of the molecule is CC(C)(C)N(CC(O)CN1CCc2c(ccc(OCc3cn[nH]c3)c2Cl)C1)C(=O)c1ccnc(NC2CCC2)c1. The summed E-state index contributed by atoms with van der Waals surface area (Å²) in [7, 11) is 0. The second-order valence-corrected chi connectivity index (χ2v) is 12.2. The van der Waals surface area contributed by atoms with Crippen LogP contribution < -0.4 is 10.1 Å². The van der Waals surface area contributed by atoms with Crippen LogP contribution in [0.2, 0.25) is 5.02 Å². The van der Waals surface area contributed by atoms with Crippen LogP contribution in [0.1, 0.15) is 67.1 Å². The minimum atomic E-state index is -0.702. The number of aliphatic hydroxyl groups excluding tert-OH is 1. The van der Waals surface area contributed by atoms with Gasteiger partial charge in [-0.15, -0.1) is 0 Å². The van der Waals surface area contributed by atoms with Gasteiger partial charge in [0, 0.05) is 61.3 Å². The van der Waals surface area contributed by atoms with Gasteiger partial charge in [-0.05, 0) is 75.8 Å². The van der Waals surface area contributed by atoms with Gasteiger partial charge < -0.3 is 20.1 Å². The highest BCUT2D eigenvalue weighted by molar-refractivity contribution is 6.33. The number of aromatic amines is 1. The van der Waals surface area contributed by atoms with Gasteiger partial charge in [0.05, 0.1) is 17.3 Å². The number of benzene rings is 1. The van der Waals surface area contributed by atoms with E-state index in [9.17, 15) is 9.90 Å². The average Bonchev–Trinajstić information content (AvgIpc) is 3.42. The predicted octanol–water partition coefficient (Wildman–Crippen LogP) is 4.66. The molecular weight excluding hydrogens is 528 g/mol.